The van der Waals surface area contributed by atoms with Gasteiger partial charge < -0.3 is 16.4 Å². The quantitative estimate of drug-likeness (QED) is 0.286. The van der Waals surface area contributed by atoms with Crippen LogP contribution in [0.2, 0.25) is 0 Å². The number of nitrogens with one attached hydrogen (secondary N) is 1. The summed E-state index contributed by atoms with van der Waals surface area (Å²) in [5.74, 6) is -1.18. The number of unbranched alkanes of at least 4 members (excludes halogenated alkanes) is 3. The number of carbonyl (C=O) groups is 3. The first-order valence-corrected chi connectivity index (χ1v) is 13.1. The standard InChI is InChI=1S/C22H36N4O5S/c1-22(11-12-22)32(30,31)25-20(28)16-14-15(16)8-5-3-2-4-6-9-17(23)21(29)26-13-7-10-18(26)19(24)27/h5,8,15-18H,2-4,6-7,9-14,23H2,1H3,(H2,24,27)(H,25,28). The van der Waals surface area contributed by atoms with Crippen LogP contribution in [-0.2, 0) is 24.4 Å². The van der Waals surface area contributed by atoms with Gasteiger partial charge in [-0.05, 0) is 64.2 Å². The van der Waals surface area contributed by atoms with Gasteiger partial charge in [0.25, 0.3) is 0 Å². The normalized spacial score (nSPS) is 27.3. The Morgan fingerprint density at radius 1 is 1.22 bits per heavy atom. The number of likely N-dealkylation sites (tertiary alicyclic amines) is 1. The minimum Gasteiger partial charge on any atom is -0.368 e. The lowest BCUT2D eigenvalue weighted by atomic mass is 10.1. The summed E-state index contributed by atoms with van der Waals surface area (Å²) in [4.78, 5) is 37.6. The van der Waals surface area contributed by atoms with Crippen molar-refractivity contribution >= 4 is 27.7 Å². The van der Waals surface area contributed by atoms with Crippen LogP contribution in [0.25, 0.3) is 0 Å². The maximum atomic E-state index is 12.5. The van der Waals surface area contributed by atoms with E-state index < -0.39 is 32.8 Å². The van der Waals surface area contributed by atoms with Crippen molar-refractivity contribution < 1.29 is 22.8 Å². The Bertz CT molecular complexity index is 868. The summed E-state index contributed by atoms with van der Waals surface area (Å²) in [6.45, 7) is 2.20. The fourth-order valence-corrected chi connectivity index (χ4v) is 5.54. The number of allylic oxidation sites excluding steroid dienone is 2. The van der Waals surface area contributed by atoms with E-state index in [1.54, 1.807) is 6.92 Å². The van der Waals surface area contributed by atoms with Crippen molar-refractivity contribution in [3.63, 3.8) is 0 Å². The summed E-state index contributed by atoms with van der Waals surface area (Å²) in [5.41, 5.74) is 11.4. The lowest BCUT2D eigenvalue weighted by molar-refractivity contribution is -0.138. The number of sulfonamides is 1. The van der Waals surface area contributed by atoms with E-state index in [9.17, 15) is 22.8 Å². The molecule has 0 aromatic rings. The van der Waals surface area contributed by atoms with Crippen molar-refractivity contribution in [1.82, 2.24) is 9.62 Å². The molecule has 1 heterocycles. The average Bonchev–Trinajstić information content (AvgIpc) is 3.62. The van der Waals surface area contributed by atoms with Gasteiger partial charge in [-0.25, -0.2) is 8.42 Å². The van der Waals surface area contributed by atoms with Gasteiger partial charge in [-0.2, -0.15) is 0 Å². The van der Waals surface area contributed by atoms with Crippen LogP contribution in [0.15, 0.2) is 12.2 Å². The Kier molecular flexibility index (Phi) is 7.65. The van der Waals surface area contributed by atoms with Gasteiger partial charge in [0.15, 0.2) is 0 Å². The molecule has 180 valence electrons. The first-order valence-electron chi connectivity index (χ1n) is 11.6. The molecule has 0 aromatic heterocycles. The lowest BCUT2D eigenvalue weighted by Crippen LogP contribution is -2.50. The molecular formula is C22H36N4O5S. The van der Waals surface area contributed by atoms with Crippen molar-refractivity contribution in [3.05, 3.63) is 12.2 Å². The summed E-state index contributed by atoms with van der Waals surface area (Å²) in [5, 5.41) is 0. The van der Waals surface area contributed by atoms with Crippen LogP contribution in [0.5, 0.6) is 0 Å². The minimum absolute atomic E-state index is 0.113. The molecule has 0 radical (unpaired) electrons. The molecule has 9 nitrogen and oxygen atoms in total. The van der Waals surface area contributed by atoms with Crippen LogP contribution in [0.1, 0.15) is 71.1 Å². The number of hydrogen-bond acceptors (Lipinski definition) is 6. The zero-order chi connectivity index (χ0) is 23.5. The molecular weight excluding hydrogens is 432 g/mol. The summed E-state index contributed by atoms with van der Waals surface area (Å²) >= 11 is 0. The van der Waals surface area contributed by atoms with Crippen LogP contribution in [0.3, 0.4) is 0 Å². The molecule has 3 aliphatic rings. The van der Waals surface area contributed by atoms with Crippen molar-refractivity contribution in [2.75, 3.05) is 6.54 Å². The third-order valence-corrected chi connectivity index (χ3v) is 9.14. The highest BCUT2D eigenvalue weighted by Gasteiger charge is 2.52. The summed E-state index contributed by atoms with van der Waals surface area (Å²) in [7, 11) is -3.56. The van der Waals surface area contributed by atoms with Crippen LogP contribution in [0.4, 0.5) is 0 Å². The molecule has 0 spiro atoms. The summed E-state index contributed by atoms with van der Waals surface area (Å²) in [6, 6.07) is -1.13. The molecule has 32 heavy (non-hydrogen) atoms. The number of carbonyl (C=O) groups excluding carboxylic acids is 3. The van der Waals surface area contributed by atoms with E-state index in [1.807, 2.05) is 12.2 Å². The predicted molar refractivity (Wildman–Crippen MR) is 120 cm³/mol. The molecule has 2 aliphatic carbocycles. The zero-order valence-corrected chi connectivity index (χ0v) is 19.6. The van der Waals surface area contributed by atoms with Gasteiger partial charge in [-0.15, -0.1) is 0 Å². The van der Waals surface area contributed by atoms with Crippen molar-refractivity contribution in [1.29, 1.82) is 0 Å². The van der Waals surface area contributed by atoms with Gasteiger partial charge >= 0.3 is 0 Å². The van der Waals surface area contributed by atoms with Gasteiger partial charge in [0.1, 0.15) is 6.04 Å². The second-order valence-corrected chi connectivity index (χ2v) is 11.9. The van der Waals surface area contributed by atoms with E-state index in [-0.39, 0.29) is 23.7 Å². The summed E-state index contributed by atoms with van der Waals surface area (Å²) in [6.07, 6.45) is 11.5. The molecule has 10 heteroatoms. The molecule has 3 amide bonds. The molecule has 3 fully saturated rings. The van der Waals surface area contributed by atoms with Gasteiger partial charge in [-0.3, -0.25) is 19.1 Å². The molecule has 0 aromatic carbocycles. The van der Waals surface area contributed by atoms with E-state index in [2.05, 4.69) is 4.72 Å². The van der Waals surface area contributed by atoms with Crippen molar-refractivity contribution in [2.45, 2.75) is 88.0 Å². The Balaban J connectivity index is 1.27. The smallest absolute Gasteiger partial charge is 0.240 e. The highest BCUT2D eigenvalue weighted by molar-refractivity contribution is 7.91. The first kappa shape index (κ1) is 24.7. The molecule has 4 atom stereocenters. The number of nitrogens with zero attached hydrogens (tertiary/aromatic N) is 1. The number of nitrogens with two attached hydrogens (primary N) is 2. The second kappa shape index (κ2) is 9.91. The van der Waals surface area contributed by atoms with Gasteiger partial charge in [0, 0.05) is 12.5 Å². The highest BCUT2D eigenvalue weighted by atomic mass is 32.2. The lowest BCUT2D eigenvalue weighted by Gasteiger charge is -2.25. The molecule has 1 saturated heterocycles. The third kappa shape index (κ3) is 5.89. The average molecular weight is 469 g/mol. The molecule has 5 N–H and O–H groups in total. The number of hydrogen-bond donors (Lipinski definition) is 3. The van der Waals surface area contributed by atoms with Crippen molar-refractivity contribution in [2.24, 2.45) is 23.3 Å². The zero-order valence-electron chi connectivity index (χ0n) is 18.8. The Labute approximate surface area is 190 Å². The van der Waals surface area contributed by atoms with Crippen LogP contribution >= 0.6 is 0 Å². The maximum absolute atomic E-state index is 12.5. The topological polar surface area (TPSA) is 153 Å². The molecule has 3 rings (SSSR count). The predicted octanol–water partition coefficient (Wildman–Crippen LogP) is 0.931. The monoisotopic (exact) mass is 468 g/mol. The van der Waals surface area contributed by atoms with E-state index in [0.717, 1.165) is 32.1 Å². The van der Waals surface area contributed by atoms with Gasteiger partial charge in [-0.1, -0.05) is 25.0 Å². The maximum Gasteiger partial charge on any atom is 0.240 e. The second-order valence-electron chi connectivity index (χ2n) is 9.69. The van der Waals surface area contributed by atoms with E-state index >= 15 is 0 Å². The fraction of sp³-hybridized carbons (Fsp3) is 0.773. The molecule has 4 unspecified atom stereocenters. The van der Waals surface area contributed by atoms with E-state index in [0.29, 0.717) is 38.6 Å². The fourth-order valence-electron chi connectivity index (χ4n) is 4.24. The molecule has 1 aliphatic heterocycles. The van der Waals surface area contributed by atoms with Gasteiger partial charge in [0.2, 0.25) is 27.7 Å². The van der Waals surface area contributed by atoms with Crippen LogP contribution in [0, 0.1) is 11.8 Å². The largest absolute Gasteiger partial charge is 0.368 e. The molecule has 2 saturated carbocycles. The Morgan fingerprint density at radius 3 is 2.59 bits per heavy atom. The number of rotatable bonds is 12. The Morgan fingerprint density at radius 2 is 1.94 bits per heavy atom. The SMILES string of the molecule is CC1(S(=O)(=O)NC(=O)C2CC2C=CCCCCCC(N)C(=O)N2CCCC2C(N)=O)CC1. The summed E-state index contributed by atoms with van der Waals surface area (Å²) < 4.78 is 25.7. The van der Waals surface area contributed by atoms with Crippen molar-refractivity contribution in [3.8, 4) is 0 Å². The first-order chi connectivity index (χ1) is 15.1. The minimum atomic E-state index is -3.56. The van der Waals surface area contributed by atoms with Crippen LogP contribution in [-0.4, -0.2) is 54.4 Å². The van der Waals surface area contributed by atoms with Crippen LogP contribution < -0.4 is 16.2 Å². The third-order valence-electron chi connectivity index (χ3n) is 6.97. The number of amides is 3. The van der Waals surface area contributed by atoms with E-state index in [4.69, 9.17) is 11.5 Å². The number of primary amides is 1. The molecule has 0 bridgehead atoms. The Hall–Kier alpha value is -1.94. The highest BCUT2D eigenvalue weighted by Crippen LogP contribution is 2.44. The van der Waals surface area contributed by atoms with E-state index in [1.165, 1.54) is 4.90 Å². The van der Waals surface area contributed by atoms with Gasteiger partial charge in [0.05, 0.1) is 10.8 Å².